The molecular weight excluding hydrogens is 358 g/mol. The van der Waals surface area contributed by atoms with Crippen molar-refractivity contribution in [3.8, 4) is 5.88 Å². The van der Waals surface area contributed by atoms with E-state index in [4.69, 9.17) is 9.47 Å². The number of nitrogens with zero attached hydrogens (tertiary/aromatic N) is 2. The smallest absolute Gasteiger partial charge is 0.343 e. The van der Waals surface area contributed by atoms with Crippen molar-refractivity contribution < 1.29 is 23.0 Å². The lowest BCUT2D eigenvalue weighted by atomic mass is 10.1. The van der Waals surface area contributed by atoms with Gasteiger partial charge in [-0.05, 0) is 25.1 Å². The Hall–Kier alpha value is -3.29. The largest absolute Gasteiger partial charge is 0.481 e. The molecule has 0 spiro atoms. The Bertz CT molecular complexity index is 1060. The van der Waals surface area contributed by atoms with Crippen molar-refractivity contribution in [2.24, 2.45) is 0 Å². The average molecular weight is 374 g/mol. The minimum atomic E-state index is -0.836. The van der Waals surface area contributed by atoms with Gasteiger partial charge in [0.2, 0.25) is 11.3 Å². The van der Waals surface area contributed by atoms with Crippen LogP contribution in [-0.4, -0.2) is 29.2 Å². The topological polar surface area (TPSA) is 70.4 Å². The molecule has 2 aromatic heterocycles. The van der Waals surface area contributed by atoms with Crippen LogP contribution >= 0.6 is 0 Å². The first-order chi connectivity index (χ1) is 13.0. The van der Waals surface area contributed by atoms with E-state index in [2.05, 4.69) is 4.98 Å². The Kier molecular flexibility index (Phi) is 5.16. The molecule has 0 unspecified atom stereocenters. The number of esters is 1. The third kappa shape index (κ3) is 3.51. The molecule has 3 rings (SSSR count). The van der Waals surface area contributed by atoms with Crippen LogP contribution in [0.15, 0.2) is 41.3 Å². The summed E-state index contributed by atoms with van der Waals surface area (Å²) in [6.45, 7) is 1.44. The van der Waals surface area contributed by atoms with Crippen molar-refractivity contribution in [2.45, 2.75) is 13.5 Å². The zero-order valence-corrected chi connectivity index (χ0v) is 14.7. The first-order valence-electron chi connectivity index (χ1n) is 8.14. The van der Waals surface area contributed by atoms with Crippen LogP contribution in [0, 0.1) is 11.6 Å². The van der Waals surface area contributed by atoms with Crippen LogP contribution in [-0.2, 0) is 11.3 Å². The second-order valence-electron chi connectivity index (χ2n) is 5.64. The molecule has 0 radical (unpaired) electrons. The van der Waals surface area contributed by atoms with Crippen LogP contribution in [0.2, 0.25) is 0 Å². The van der Waals surface area contributed by atoms with Gasteiger partial charge in [0.05, 0.1) is 25.8 Å². The minimum Gasteiger partial charge on any atom is -0.481 e. The first-order valence-corrected chi connectivity index (χ1v) is 8.14. The fourth-order valence-electron chi connectivity index (χ4n) is 2.70. The summed E-state index contributed by atoms with van der Waals surface area (Å²) in [4.78, 5) is 28.9. The Morgan fingerprint density at radius 1 is 1.19 bits per heavy atom. The summed E-state index contributed by atoms with van der Waals surface area (Å²) in [5, 5.41) is 0. The molecule has 8 heteroatoms. The quantitative estimate of drug-likeness (QED) is 0.643. The molecule has 0 saturated carbocycles. The van der Waals surface area contributed by atoms with Gasteiger partial charge in [0.25, 0.3) is 0 Å². The molecule has 0 N–H and O–H groups in total. The van der Waals surface area contributed by atoms with Crippen molar-refractivity contribution in [1.82, 2.24) is 9.55 Å². The van der Waals surface area contributed by atoms with Crippen molar-refractivity contribution in [3.63, 3.8) is 0 Å². The lowest BCUT2D eigenvalue weighted by Gasteiger charge is -2.14. The lowest BCUT2D eigenvalue weighted by molar-refractivity contribution is 0.0524. The van der Waals surface area contributed by atoms with Crippen LogP contribution in [0.3, 0.4) is 0 Å². The summed E-state index contributed by atoms with van der Waals surface area (Å²) >= 11 is 0. The molecule has 27 heavy (non-hydrogen) atoms. The van der Waals surface area contributed by atoms with Gasteiger partial charge in [0, 0.05) is 17.8 Å². The van der Waals surface area contributed by atoms with Gasteiger partial charge in [-0.15, -0.1) is 0 Å². The van der Waals surface area contributed by atoms with E-state index in [1.54, 1.807) is 6.92 Å². The van der Waals surface area contributed by atoms with E-state index in [-0.39, 0.29) is 35.7 Å². The molecule has 2 heterocycles. The predicted molar refractivity (Wildman–Crippen MR) is 94.0 cm³/mol. The Morgan fingerprint density at radius 2 is 1.89 bits per heavy atom. The molecule has 0 aliphatic heterocycles. The number of aromatic nitrogens is 2. The highest BCUT2D eigenvalue weighted by molar-refractivity contribution is 5.92. The lowest BCUT2D eigenvalue weighted by Crippen LogP contribution is -2.22. The van der Waals surface area contributed by atoms with Gasteiger partial charge in [-0.25, -0.2) is 18.6 Å². The average Bonchev–Trinajstić information content (AvgIpc) is 2.66. The molecule has 3 aromatic rings. The number of rotatable bonds is 5. The van der Waals surface area contributed by atoms with Crippen LogP contribution in [0.25, 0.3) is 11.0 Å². The molecule has 0 bridgehead atoms. The number of pyridine rings is 2. The third-order valence-electron chi connectivity index (χ3n) is 4.00. The second-order valence-corrected chi connectivity index (χ2v) is 5.64. The number of hydrogen-bond acceptors (Lipinski definition) is 5. The Labute approximate surface area is 153 Å². The highest BCUT2D eigenvalue weighted by atomic mass is 19.1. The summed E-state index contributed by atoms with van der Waals surface area (Å²) in [7, 11) is 1.39. The van der Waals surface area contributed by atoms with Gasteiger partial charge >= 0.3 is 5.97 Å². The first kappa shape index (κ1) is 18.5. The maximum Gasteiger partial charge on any atom is 0.343 e. The number of carbonyl (C=O) groups excluding carboxylic acids is 1. The monoisotopic (exact) mass is 374 g/mol. The van der Waals surface area contributed by atoms with Crippen molar-refractivity contribution in [2.75, 3.05) is 13.7 Å². The van der Waals surface area contributed by atoms with Crippen LogP contribution in [0.5, 0.6) is 5.88 Å². The van der Waals surface area contributed by atoms with E-state index >= 15 is 0 Å². The van der Waals surface area contributed by atoms with Gasteiger partial charge in [-0.3, -0.25) is 4.79 Å². The van der Waals surface area contributed by atoms with Gasteiger partial charge in [-0.2, -0.15) is 0 Å². The zero-order chi connectivity index (χ0) is 19.6. The Balaban J connectivity index is 2.25. The maximum atomic E-state index is 14.1. The normalized spacial score (nSPS) is 10.8. The fraction of sp³-hybridized carbons (Fsp3) is 0.211. The van der Waals surface area contributed by atoms with Gasteiger partial charge in [0.15, 0.2) is 0 Å². The highest BCUT2D eigenvalue weighted by Gasteiger charge is 2.19. The third-order valence-corrected chi connectivity index (χ3v) is 4.00. The molecule has 0 aliphatic rings. The molecule has 0 atom stereocenters. The van der Waals surface area contributed by atoms with Gasteiger partial charge in [-0.1, -0.05) is 6.07 Å². The SMILES string of the molecule is CCOC(=O)c1cn(Cc2c(F)cccc2F)c2ccc(OC)nc2c1=O. The van der Waals surface area contributed by atoms with Crippen LogP contribution in [0.1, 0.15) is 22.8 Å². The number of benzene rings is 1. The number of methoxy groups -OCH3 is 1. The fourth-order valence-corrected chi connectivity index (χ4v) is 2.70. The number of halogens is 2. The minimum absolute atomic E-state index is 0.0587. The summed E-state index contributed by atoms with van der Waals surface area (Å²) in [6.07, 6.45) is 1.22. The van der Waals surface area contributed by atoms with Crippen LogP contribution in [0.4, 0.5) is 8.78 Å². The van der Waals surface area contributed by atoms with Crippen LogP contribution < -0.4 is 10.2 Å². The van der Waals surface area contributed by atoms with E-state index in [9.17, 15) is 18.4 Å². The summed E-state index contributed by atoms with van der Waals surface area (Å²) in [5.41, 5.74) is -0.879. The van der Waals surface area contributed by atoms with E-state index in [1.807, 2.05) is 0 Å². The van der Waals surface area contributed by atoms with E-state index in [0.717, 1.165) is 12.1 Å². The molecule has 1 aromatic carbocycles. The molecule has 0 aliphatic carbocycles. The van der Waals surface area contributed by atoms with Crippen molar-refractivity contribution in [3.05, 3.63) is 69.5 Å². The van der Waals surface area contributed by atoms with Gasteiger partial charge in [0.1, 0.15) is 22.7 Å². The summed E-state index contributed by atoms with van der Waals surface area (Å²) in [6, 6.07) is 6.58. The number of fused-ring (bicyclic) bond motifs is 1. The highest BCUT2D eigenvalue weighted by Crippen LogP contribution is 2.19. The number of hydrogen-bond donors (Lipinski definition) is 0. The molecule has 0 saturated heterocycles. The standard InChI is InChI=1S/C19H16F2N2O4/c1-3-27-19(25)12-10-23(9-11-13(20)5-4-6-14(11)21)15-7-8-16(26-2)22-17(15)18(12)24/h4-8,10H,3,9H2,1-2H3. The summed E-state index contributed by atoms with van der Waals surface area (Å²) in [5.74, 6) is -2.14. The Morgan fingerprint density at radius 3 is 2.52 bits per heavy atom. The molecule has 0 fully saturated rings. The second kappa shape index (κ2) is 7.53. The molecule has 0 amide bonds. The maximum absolute atomic E-state index is 14.1. The number of carbonyl (C=O) groups is 1. The van der Waals surface area contributed by atoms with Crippen molar-refractivity contribution >= 4 is 17.0 Å². The predicted octanol–water partition coefficient (Wildman–Crippen LogP) is 2.91. The van der Waals surface area contributed by atoms with E-state index in [0.29, 0.717) is 5.52 Å². The van der Waals surface area contributed by atoms with Crippen molar-refractivity contribution in [1.29, 1.82) is 0 Å². The molecule has 140 valence electrons. The van der Waals surface area contributed by atoms with E-state index < -0.39 is 23.0 Å². The number of ether oxygens (including phenoxy) is 2. The molecule has 6 nitrogen and oxygen atoms in total. The zero-order valence-electron chi connectivity index (χ0n) is 14.7. The summed E-state index contributed by atoms with van der Waals surface area (Å²) < 4.78 is 39.5. The van der Waals surface area contributed by atoms with Gasteiger partial charge < -0.3 is 14.0 Å². The van der Waals surface area contributed by atoms with E-state index in [1.165, 1.54) is 36.1 Å². The molecular formula is C19H16F2N2O4.